The molecular formula is C15H16IN3. The molecule has 0 saturated carbocycles. The lowest BCUT2D eigenvalue weighted by atomic mass is 10.2. The largest absolute Gasteiger partial charge is 0.378 e. The molecule has 0 aromatic heterocycles. The van der Waals surface area contributed by atoms with E-state index >= 15 is 0 Å². The number of halogens is 1. The molecule has 2 rings (SSSR count). The third-order valence-corrected chi connectivity index (χ3v) is 3.37. The zero-order chi connectivity index (χ0) is 13.7. The van der Waals surface area contributed by atoms with Crippen molar-refractivity contribution in [1.29, 1.82) is 0 Å². The van der Waals surface area contributed by atoms with Gasteiger partial charge in [-0.05, 0) is 58.5 Å². The highest BCUT2D eigenvalue weighted by molar-refractivity contribution is 14.1. The molecule has 0 spiro atoms. The minimum atomic E-state index is 0.610. The summed E-state index contributed by atoms with van der Waals surface area (Å²) in [7, 11) is 4.07. The maximum absolute atomic E-state index is 4.24. The SMILES string of the molecule is CN(C)c1ccc(CN=Nc2cccc(I)c2)cc1. The smallest absolute Gasteiger partial charge is 0.0863 e. The predicted octanol–water partition coefficient (Wildman–Crippen LogP) is 4.64. The molecule has 2 aromatic rings. The fraction of sp³-hybridized carbons (Fsp3) is 0.200. The van der Waals surface area contributed by atoms with Gasteiger partial charge in [0.05, 0.1) is 12.2 Å². The van der Waals surface area contributed by atoms with Crippen LogP contribution in [0.1, 0.15) is 5.56 Å². The average molecular weight is 365 g/mol. The zero-order valence-corrected chi connectivity index (χ0v) is 13.2. The van der Waals surface area contributed by atoms with Gasteiger partial charge in [-0.3, -0.25) is 0 Å². The molecule has 0 saturated heterocycles. The van der Waals surface area contributed by atoms with E-state index < -0.39 is 0 Å². The Morgan fingerprint density at radius 1 is 1.05 bits per heavy atom. The van der Waals surface area contributed by atoms with Crippen LogP contribution in [-0.2, 0) is 6.54 Å². The van der Waals surface area contributed by atoms with E-state index in [1.807, 2.05) is 38.4 Å². The van der Waals surface area contributed by atoms with Gasteiger partial charge in [0, 0.05) is 23.4 Å². The van der Waals surface area contributed by atoms with Gasteiger partial charge in [0.2, 0.25) is 0 Å². The summed E-state index contributed by atoms with van der Waals surface area (Å²) in [6, 6.07) is 16.4. The zero-order valence-electron chi connectivity index (χ0n) is 11.0. The summed E-state index contributed by atoms with van der Waals surface area (Å²) in [6.45, 7) is 0.610. The molecule has 2 aromatic carbocycles. The van der Waals surface area contributed by atoms with Gasteiger partial charge in [0.25, 0.3) is 0 Å². The fourth-order valence-corrected chi connectivity index (χ4v) is 2.16. The van der Waals surface area contributed by atoms with Crippen molar-refractivity contribution in [3.63, 3.8) is 0 Å². The highest BCUT2D eigenvalue weighted by Crippen LogP contribution is 2.17. The van der Waals surface area contributed by atoms with Crippen molar-refractivity contribution < 1.29 is 0 Å². The van der Waals surface area contributed by atoms with Crippen molar-refractivity contribution >= 4 is 34.0 Å². The van der Waals surface area contributed by atoms with E-state index in [1.165, 1.54) is 14.8 Å². The van der Waals surface area contributed by atoms with E-state index in [2.05, 4.69) is 62.0 Å². The van der Waals surface area contributed by atoms with Crippen LogP contribution in [0.25, 0.3) is 0 Å². The number of hydrogen-bond donors (Lipinski definition) is 0. The Labute approximate surface area is 127 Å². The van der Waals surface area contributed by atoms with E-state index in [4.69, 9.17) is 0 Å². The molecule has 0 heterocycles. The lowest BCUT2D eigenvalue weighted by Gasteiger charge is -2.11. The van der Waals surface area contributed by atoms with Crippen LogP contribution in [-0.4, -0.2) is 14.1 Å². The summed E-state index contributed by atoms with van der Waals surface area (Å²) in [5, 5.41) is 8.47. The van der Waals surface area contributed by atoms with Crippen molar-refractivity contribution in [1.82, 2.24) is 0 Å². The van der Waals surface area contributed by atoms with Crippen LogP contribution < -0.4 is 4.90 Å². The van der Waals surface area contributed by atoms with Crippen LogP contribution in [0, 0.1) is 3.57 Å². The third kappa shape index (κ3) is 4.31. The van der Waals surface area contributed by atoms with Crippen LogP contribution in [0.3, 0.4) is 0 Å². The second-order valence-corrected chi connectivity index (χ2v) is 5.69. The molecule has 19 heavy (non-hydrogen) atoms. The van der Waals surface area contributed by atoms with E-state index in [0.29, 0.717) is 6.54 Å². The van der Waals surface area contributed by atoms with Crippen LogP contribution >= 0.6 is 22.6 Å². The van der Waals surface area contributed by atoms with Crippen molar-refractivity contribution in [3.8, 4) is 0 Å². The first kappa shape index (κ1) is 14.0. The van der Waals surface area contributed by atoms with Crippen LogP contribution in [0.5, 0.6) is 0 Å². The lowest BCUT2D eigenvalue weighted by Crippen LogP contribution is -2.08. The molecular weight excluding hydrogens is 349 g/mol. The number of benzene rings is 2. The first-order valence-electron chi connectivity index (χ1n) is 6.04. The van der Waals surface area contributed by atoms with Crippen molar-refractivity contribution in [3.05, 3.63) is 57.7 Å². The summed E-state index contributed by atoms with van der Waals surface area (Å²) in [6.07, 6.45) is 0. The van der Waals surface area contributed by atoms with Gasteiger partial charge >= 0.3 is 0 Å². The molecule has 0 N–H and O–H groups in total. The summed E-state index contributed by atoms with van der Waals surface area (Å²) in [4.78, 5) is 2.08. The topological polar surface area (TPSA) is 28.0 Å². The van der Waals surface area contributed by atoms with E-state index in [-0.39, 0.29) is 0 Å². The predicted molar refractivity (Wildman–Crippen MR) is 88.1 cm³/mol. The molecule has 0 radical (unpaired) electrons. The van der Waals surface area contributed by atoms with Crippen molar-refractivity contribution in [2.24, 2.45) is 10.2 Å². The molecule has 0 amide bonds. The first-order valence-corrected chi connectivity index (χ1v) is 7.12. The minimum absolute atomic E-state index is 0.610. The molecule has 0 aliphatic rings. The normalized spacial score (nSPS) is 10.9. The Morgan fingerprint density at radius 2 is 1.79 bits per heavy atom. The fourth-order valence-electron chi connectivity index (χ4n) is 1.64. The summed E-state index contributed by atoms with van der Waals surface area (Å²) in [5.41, 5.74) is 3.26. The quantitative estimate of drug-likeness (QED) is 0.573. The maximum atomic E-state index is 4.24. The molecule has 3 nitrogen and oxygen atoms in total. The van der Waals surface area contributed by atoms with Gasteiger partial charge in [-0.2, -0.15) is 10.2 Å². The van der Waals surface area contributed by atoms with Gasteiger partial charge < -0.3 is 4.90 Å². The Morgan fingerprint density at radius 3 is 2.42 bits per heavy atom. The van der Waals surface area contributed by atoms with Gasteiger partial charge in [0.1, 0.15) is 0 Å². The number of anilines is 1. The molecule has 0 fully saturated rings. The monoisotopic (exact) mass is 365 g/mol. The highest BCUT2D eigenvalue weighted by atomic mass is 127. The summed E-state index contributed by atoms with van der Waals surface area (Å²) >= 11 is 2.27. The molecule has 0 atom stereocenters. The Bertz CT molecular complexity index is 562. The number of rotatable bonds is 4. The number of hydrogen-bond acceptors (Lipinski definition) is 3. The van der Waals surface area contributed by atoms with Gasteiger partial charge in [-0.1, -0.05) is 18.2 Å². The number of nitrogens with zero attached hydrogens (tertiary/aromatic N) is 3. The molecule has 0 unspecified atom stereocenters. The van der Waals surface area contributed by atoms with E-state index in [9.17, 15) is 0 Å². The van der Waals surface area contributed by atoms with Crippen LogP contribution in [0.2, 0.25) is 0 Å². The molecule has 0 aliphatic carbocycles. The highest BCUT2D eigenvalue weighted by Gasteiger charge is 1.96. The van der Waals surface area contributed by atoms with Crippen LogP contribution in [0.15, 0.2) is 58.8 Å². The van der Waals surface area contributed by atoms with Gasteiger partial charge in [-0.15, -0.1) is 0 Å². The number of azo groups is 1. The molecule has 4 heteroatoms. The van der Waals surface area contributed by atoms with E-state index in [1.54, 1.807) is 0 Å². The second kappa shape index (κ2) is 6.65. The summed E-state index contributed by atoms with van der Waals surface area (Å²) in [5.74, 6) is 0. The van der Waals surface area contributed by atoms with Crippen molar-refractivity contribution in [2.45, 2.75) is 6.54 Å². The molecule has 98 valence electrons. The minimum Gasteiger partial charge on any atom is -0.378 e. The Kier molecular flexibility index (Phi) is 4.90. The lowest BCUT2D eigenvalue weighted by molar-refractivity contribution is 0.958. The Hall–Kier alpha value is -1.43. The van der Waals surface area contributed by atoms with Gasteiger partial charge in [0.15, 0.2) is 0 Å². The van der Waals surface area contributed by atoms with Crippen molar-refractivity contribution in [2.75, 3.05) is 19.0 Å². The third-order valence-electron chi connectivity index (χ3n) is 2.70. The Balaban J connectivity index is 1.98. The summed E-state index contributed by atoms with van der Waals surface area (Å²) < 4.78 is 1.17. The first-order chi connectivity index (χ1) is 9.15. The standard InChI is InChI=1S/C15H16IN3/c1-19(2)15-8-6-12(7-9-15)11-17-18-14-5-3-4-13(16)10-14/h3-10H,11H2,1-2H3. The van der Waals surface area contributed by atoms with Gasteiger partial charge in [-0.25, -0.2) is 0 Å². The maximum Gasteiger partial charge on any atom is 0.0863 e. The molecule has 0 aliphatic heterocycles. The molecule has 0 bridgehead atoms. The van der Waals surface area contributed by atoms with Crippen LogP contribution in [0.4, 0.5) is 11.4 Å². The van der Waals surface area contributed by atoms with E-state index in [0.717, 1.165) is 5.69 Å². The average Bonchev–Trinajstić information content (AvgIpc) is 2.39. The second-order valence-electron chi connectivity index (χ2n) is 4.44.